The Morgan fingerprint density at radius 1 is 1.53 bits per heavy atom. The Kier molecular flexibility index (Phi) is 3.44. The first-order chi connectivity index (χ1) is 7.15. The maximum absolute atomic E-state index is 3.71. The van der Waals surface area contributed by atoms with Crippen molar-refractivity contribution < 1.29 is 0 Å². The van der Waals surface area contributed by atoms with Crippen LogP contribution in [-0.2, 0) is 0 Å². The van der Waals surface area contributed by atoms with Gasteiger partial charge in [0.1, 0.15) is 0 Å². The quantitative estimate of drug-likeness (QED) is 0.848. The third-order valence-electron chi connectivity index (χ3n) is 3.06. The third kappa shape index (κ3) is 2.80. The average molecular weight is 224 g/mol. The van der Waals surface area contributed by atoms with Crippen molar-refractivity contribution >= 4 is 11.3 Å². The van der Waals surface area contributed by atoms with Crippen molar-refractivity contribution in [2.45, 2.75) is 32.4 Å². The van der Waals surface area contributed by atoms with Crippen molar-refractivity contribution in [3.05, 3.63) is 21.9 Å². The highest BCUT2D eigenvalue weighted by Crippen LogP contribution is 2.23. The highest BCUT2D eigenvalue weighted by atomic mass is 32.1. The molecule has 0 amide bonds. The zero-order valence-corrected chi connectivity index (χ0v) is 10.6. The third-order valence-corrected chi connectivity index (χ3v) is 4.25. The number of aryl methyl sites for hydroxylation is 1. The molecular formula is C12H20N2S. The SMILES string of the molecule is Cc1ccc([C@H](C)N[C@H]2CCN(C)C2)s1. The van der Waals surface area contributed by atoms with Gasteiger partial charge in [-0.3, -0.25) is 0 Å². The first kappa shape index (κ1) is 11.1. The van der Waals surface area contributed by atoms with E-state index >= 15 is 0 Å². The van der Waals surface area contributed by atoms with E-state index in [1.165, 1.54) is 29.3 Å². The number of nitrogens with one attached hydrogen (secondary N) is 1. The Morgan fingerprint density at radius 3 is 2.87 bits per heavy atom. The van der Waals surface area contributed by atoms with Gasteiger partial charge in [-0.25, -0.2) is 0 Å². The van der Waals surface area contributed by atoms with Crippen molar-refractivity contribution in [3.63, 3.8) is 0 Å². The molecule has 1 saturated heterocycles. The molecule has 0 aromatic carbocycles. The molecule has 3 heteroatoms. The summed E-state index contributed by atoms with van der Waals surface area (Å²) < 4.78 is 0. The second kappa shape index (κ2) is 4.64. The lowest BCUT2D eigenvalue weighted by molar-refractivity contribution is 0.388. The minimum atomic E-state index is 0.500. The minimum Gasteiger partial charge on any atom is -0.305 e. The van der Waals surface area contributed by atoms with Crippen molar-refractivity contribution in [2.75, 3.05) is 20.1 Å². The van der Waals surface area contributed by atoms with E-state index in [0.717, 1.165) is 0 Å². The van der Waals surface area contributed by atoms with E-state index in [-0.39, 0.29) is 0 Å². The van der Waals surface area contributed by atoms with Crippen LogP contribution in [0.2, 0.25) is 0 Å². The Hall–Kier alpha value is -0.380. The van der Waals surface area contributed by atoms with Crippen LogP contribution in [0.15, 0.2) is 12.1 Å². The van der Waals surface area contributed by atoms with Crippen LogP contribution >= 0.6 is 11.3 Å². The second-order valence-corrected chi connectivity index (χ2v) is 5.90. The van der Waals surface area contributed by atoms with E-state index < -0.39 is 0 Å². The molecule has 1 fully saturated rings. The zero-order valence-electron chi connectivity index (χ0n) is 9.79. The number of thiophene rings is 1. The van der Waals surface area contributed by atoms with Crippen LogP contribution in [0, 0.1) is 6.92 Å². The van der Waals surface area contributed by atoms with Crippen LogP contribution in [0.5, 0.6) is 0 Å². The predicted octanol–water partition coefficient (Wildman–Crippen LogP) is 2.41. The molecule has 2 heterocycles. The summed E-state index contributed by atoms with van der Waals surface area (Å²) in [4.78, 5) is 5.26. The van der Waals surface area contributed by atoms with E-state index in [1.54, 1.807) is 0 Å². The number of rotatable bonds is 3. The number of hydrogen-bond donors (Lipinski definition) is 1. The van der Waals surface area contributed by atoms with Crippen LogP contribution in [0.4, 0.5) is 0 Å². The maximum atomic E-state index is 3.71. The Labute approximate surface area is 96.3 Å². The summed E-state index contributed by atoms with van der Waals surface area (Å²) in [7, 11) is 2.20. The summed E-state index contributed by atoms with van der Waals surface area (Å²) in [5, 5.41) is 3.71. The molecule has 0 radical (unpaired) electrons. The topological polar surface area (TPSA) is 15.3 Å². The van der Waals surface area contributed by atoms with Gasteiger partial charge in [-0.15, -0.1) is 11.3 Å². The van der Waals surface area contributed by atoms with Crippen LogP contribution < -0.4 is 5.32 Å². The normalized spacial score (nSPS) is 24.6. The number of nitrogens with zero attached hydrogens (tertiary/aromatic N) is 1. The van der Waals surface area contributed by atoms with E-state index in [1.807, 2.05) is 11.3 Å². The standard InChI is InChI=1S/C12H20N2S/c1-9-4-5-12(15-9)10(2)13-11-6-7-14(3)8-11/h4-5,10-11,13H,6-8H2,1-3H3/t10-,11-/m0/s1. The molecule has 1 N–H and O–H groups in total. The van der Waals surface area contributed by atoms with Crippen LogP contribution in [0.25, 0.3) is 0 Å². The molecule has 0 unspecified atom stereocenters. The lowest BCUT2D eigenvalue weighted by Crippen LogP contribution is -2.33. The molecule has 0 saturated carbocycles. The maximum Gasteiger partial charge on any atom is 0.0388 e. The van der Waals surface area contributed by atoms with E-state index in [4.69, 9.17) is 0 Å². The number of likely N-dealkylation sites (N-methyl/N-ethyl adjacent to an activating group) is 1. The Balaban J connectivity index is 1.89. The van der Waals surface area contributed by atoms with Crippen molar-refractivity contribution in [2.24, 2.45) is 0 Å². The molecule has 1 aliphatic rings. The summed E-state index contributed by atoms with van der Waals surface area (Å²) in [6.45, 7) is 6.86. The molecule has 0 spiro atoms. The van der Waals surface area contributed by atoms with Gasteiger partial charge >= 0.3 is 0 Å². The van der Waals surface area contributed by atoms with Gasteiger partial charge in [0.05, 0.1) is 0 Å². The number of likely N-dealkylation sites (tertiary alicyclic amines) is 1. The minimum absolute atomic E-state index is 0.500. The van der Waals surface area contributed by atoms with Gasteiger partial charge in [0.2, 0.25) is 0 Å². The Bertz CT molecular complexity index is 321. The van der Waals surface area contributed by atoms with Crippen molar-refractivity contribution in [1.29, 1.82) is 0 Å². The van der Waals surface area contributed by atoms with Gasteiger partial charge in [0, 0.05) is 28.4 Å². The van der Waals surface area contributed by atoms with Gasteiger partial charge < -0.3 is 10.2 Å². The molecule has 2 rings (SSSR count). The fourth-order valence-corrected chi connectivity index (χ4v) is 3.08. The van der Waals surface area contributed by atoms with Crippen LogP contribution in [0.1, 0.15) is 29.1 Å². The smallest absolute Gasteiger partial charge is 0.0388 e. The molecule has 0 bridgehead atoms. The summed E-state index contributed by atoms with van der Waals surface area (Å²) in [6.07, 6.45) is 1.28. The lowest BCUT2D eigenvalue weighted by atomic mass is 10.2. The van der Waals surface area contributed by atoms with Crippen LogP contribution in [-0.4, -0.2) is 31.1 Å². The second-order valence-electron chi connectivity index (χ2n) is 4.58. The monoisotopic (exact) mass is 224 g/mol. The molecule has 0 aliphatic carbocycles. The van der Waals surface area contributed by atoms with Gasteiger partial charge in [-0.2, -0.15) is 0 Å². The zero-order chi connectivity index (χ0) is 10.8. The average Bonchev–Trinajstić information content (AvgIpc) is 2.75. The molecule has 2 nitrogen and oxygen atoms in total. The molecule has 84 valence electrons. The van der Waals surface area contributed by atoms with Gasteiger partial charge in [-0.05, 0) is 46.0 Å². The molecular weight excluding hydrogens is 204 g/mol. The summed E-state index contributed by atoms with van der Waals surface area (Å²) in [5.41, 5.74) is 0. The summed E-state index contributed by atoms with van der Waals surface area (Å²) in [5.74, 6) is 0. The molecule has 1 aromatic rings. The fraction of sp³-hybridized carbons (Fsp3) is 0.667. The molecule has 1 aromatic heterocycles. The lowest BCUT2D eigenvalue weighted by Gasteiger charge is -2.18. The van der Waals surface area contributed by atoms with Gasteiger partial charge in [0.15, 0.2) is 0 Å². The molecule has 15 heavy (non-hydrogen) atoms. The highest BCUT2D eigenvalue weighted by Gasteiger charge is 2.21. The van der Waals surface area contributed by atoms with Crippen molar-refractivity contribution in [1.82, 2.24) is 10.2 Å². The van der Waals surface area contributed by atoms with E-state index in [2.05, 4.69) is 43.2 Å². The molecule has 2 atom stereocenters. The first-order valence-corrected chi connectivity index (χ1v) is 6.47. The largest absolute Gasteiger partial charge is 0.305 e. The Morgan fingerprint density at radius 2 is 2.33 bits per heavy atom. The van der Waals surface area contributed by atoms with E-state index in [0.29, 0.717) is 12.1 Å². The highest BCUT2D eigenvalue weighted by molar-refractivity contribution is 7.12. The molecule has 1 aliphatic heterocycles. The predicted molar refractivity (Wildman–Crippen MR) is 66.5 cm³/mol. The first-order valence-electron chi connectivity index (χ1n) is 5.66. The van der Waals surface area contributed by atoms with Crippen LogP contribution in [0.3, 0.4) is 0 Å². The number of hydrogen-bond acceptors (Lipinski definition) is 3. The summed E-state index contributed by atoms with van der Waals surface area (Å²) >= 11 is 1.90. The fourth-order valence-electron chi connectivity index (χ4n) is 2.19. The summed E-state index contributed by atoms with van der Waals surface area (Å²) in [6, 6.07) is 5.63. The van der Waals surface area contributed by atoms with Crippen molar-refractivity contribution in [3.8, 4) is 0 Å². The van der Waals surface area contributed by atoms with Gasteiger partial charge in [0.25, 0.3) is 0 Å². The van der Waals surface area contributed by atoms with E-state index in [9.17, 15) is 0 Å². The van der Waals surface area contributed by atoms with Gasteiger partial charge in [-0.1, -0.05) is 0 Å².